The van der Waals surface area contributed by atoms with Crippen LogP contribution in [-0.2, 0) is 9.59 Å². The van der Waals surface area contributed by atoms with E-state index in [-0.39, 0.29) is 17.7 Å². The van der Waals surface area contributed by atoms with E-state index in [9.17, 15) is 9.59 Å². The van der Waals surface area contributed by atoms with Crippen LogP contribution in [0, 0.1) is 5.92 Å². The zero-order chi connectivity index (χ0) is 14.3. The number of likely N-dealkylation sites (tertiary alicyclic amines) is 1. The summed E-state index contributed by atoms with van der Waals surface area (Å²) in [6, 6.07) is 0.301. The summed E-state index contributed by atoms with van der Waals surface area (Å²) in [4.78, 5) is 25.9. The third-order valence-corrected chi connectivity index (χ3v) is 3.66. The Hall–Kier alpha value is -1.10. The van der Waals surface area contributed by atoms with Gasteiger partial charge in [-0.3, -0.25) is 9.59 Å². The van der Waals surface area contributed by atoms with Crippen molar-refractivity contribution in [1.82, 2.24) is 10.2 Å². The normalized spacial score (nSPS) is 19.3. The second-order valence-corrected chi connectivity index (χ2v) is 5.26. The van der Waals surface area contributed by atoms with Gasteiger partial charge in [0.05, 0.1) is 5.92 Å². The monoisotopic (exact) mass is 269 g/mol. The van der Waals surface area contributed by atoms with E-state index < -0.39 is 0 Å². The van der Waals surface area contributed by atoms with Crippen molar-refractivity contribution in [2.75, 3.05) is 19.6 Å². The summed E-state index contributed by atoms with van der Waals surface area (Å²) in [5.74, 6) is -0.108. The van der Waals surface area contributed by atoms with Crippen molar-refractivity contribution in [3.05, 3.63) is 0 Å². The summed E-state index contributed by atoms with van der Waals surface area (Å²) < 4.78 is 0. The largest absolute Gasteiger partial charge is 0.355 e. The number of hydrogen-bond donors (Lipinski definition) is 2. The number of amides is 2. The predicted octanol–water partition coefficient (Wildman–Crippen LogP) is 0.879. The molecule has 0 aromatic rings. The highest BCUT2D eigenvalue weighted by molar-refractivity contribution is 5.89. The molecule has 19 heavy (non-hydrogen) atoms. The minimum absolute atomic E-state index is 0.0342. The van der Waals surface area contributed by atoms with Crippen molar-refractivity contribution < 1.29 is 9.59 Å². The Kier molecular flexibility index (Phi) is 6.84. The van der Waals surface area contributed by atoms with Crippen LogP contribution in [0.15, 0.2) is 0 Å². The van der Waals surface area contributed by atoms with E-state index in [1.165, 1.54) is 0 Å². The van der Waals surface area contributed by atoms with Gasteiger partial charge in [-0.15, -0.1) is 0 Å². The van der Waals surface area contributed by atoms with E-state index in [0.29, 0.717) is 32.1 Å². The first-order valence-corrected chi connectivity index (χ1v) is 7.41. The van der Waals surface area contributed by atoms with Gasteiger partial charge in [0.15, 0.2) is 0 Å². The minimum atomic E-state index is -0.199. The Morgan fingerprint density at radius 3 is 2.58 bits per heavy atom. The van der Waals surface area contributed by atoms with Gasteiger partial charge in [-0.2, -0.15) is 0 Å². The van der Waals surface area contributed by atoms with Crippen LogP contribution in [-0.4, -0.2) is 42.4 Å². The molecular formula is C14H27N3O2. The number of nitrogens with zero attached hydrogens (tertiary/aromatic N) is 1. The lowest BCUT2D eigenvalue weighted by Crippen LogP contribution is -2.39. The second kappa shape index (κ2) is 8.15. The number of carbonyl (C=O) groups is 2. The maximum Gasteiger partial charge on any atom is 0.225 e. The molecule has 0 radical (unpaired) electrons. The van der Waals surface area contributed by atoms with E-state index >= 15 is 0 Å². The molecule has 1 unspecified atom stereocenters. The fourth-order valence-corrected chi connectivity index (χ4v) is 2.72. The lowest BCUT2D eigenvalue weighted by molar-refractivity contribution is -0.130. The van der Waals surface area contributed by atoms with Crippen LogP contribution in [0.5, 0.6) is 0 Å². The fourth-order valence-electron chi connectivity index (χ4n) is 2.72. The van der Waals surface area contributed by atoms with Crippen LogP contribution in [0.4, 0.5) is 0 Å². The van der Waals surface area contributed by atoms with Crippen LogP contribution in [0.1, 0.15) is 46.0 Å². The predicted molar refractivity (Wildman–Crippen MR) is 75.5 cm³/mol. The SMILES string of the molecule is CCCC(CCC)N1CC(C(=O)NCCN)CC1=O. The quantitative estimate of drug-likeness (QED) is 0.687. The molecule has 0 aromatic carbocycles. The first-order chi connectivity index (χ1) is 9.13. The first-order valence-electron chi connectivity index (χ1n) is 7.41. The molecule has 5 heteroatoms. The fraction of sp³-hybridized carbons (Fsp3) is 0.857. The van der Waals surface area contributed by atoms with Crippen LogP contribution in [0.2, 0.25) is 0 Å². The Balaban J connectivity index is 2.57. The van der Waals surface area contributed by atoms with Crippen molar-refractivity contribution in [2.45, 2.75) is 52.0 Å². The highest BCUT2D eigenvalue weighted by Gasteiger charge is 2.37. The summed E-state index contributed by atoms with van der Waals surface area (Å²) in [6.45, 7) is 5.75. The lowest BCUT2D eigenvalue weighted by atomic mass is 10.1. The molecule has 0 bridgehead atoms. The van der Waals surface area contributed by atoms with Crippen LogP contribution < -0.4 is 11.1 Å². The van der Waals surface area contributed by atoms with E-state index in [4.69, 9.17) is 5.73 Å². The van der Waals surface area contributed by atoms with E-state index in [1.807, 2.05) is 4.90 Å². The summed E-state index contributed by atoms with van der Waals surface area (Å²) in [6.07, 6.45) is 4.53. The Labute approximate surface area is 115 Å². The summed E-state index contributed by atoms with van der Waals surface area (Å²) in [5.41, 5.74) is 5.37. The molecule has 1 rings (SSSR count). The van der Waals surface area contributed by atoms with Gasteiger partial charge in [0.2, 0.25) is 11.8 Å². The standard InChI is InChI=1S/C14H27N3O2/c1-3-5-12(6-4-2)17-10-11(9-13(17)18)14(19)16-8-7-15/h11-12H,3-10,15H2,1-2H3,(H,16,19). The summed E-state index contributed by atoms with van der Waals surface area (Å²) in [7, 11) is 0. The van der Waals surface area contributed by atoms with Crippen molar-refractivity contribution >= 4 is 11.8 Å². The zero-order valence-electron chi connectivity index (χ0n) is 12.2. The summed E-state index contributed by atoms with van der Waals surface area (Å²) in [5, 5.41) is 2.78. The molecule has 1 saturated heterocycles. The van der Waals surface area contributed by atoms with Gasteiger partial charge in [0.1, 0.15) is 0 Å². The Morgan fingerprint density at radius 1 is 1.42 bits per heavy atom. The molecule has 3 N–H and O–H groups in total. The second-order valence-electron chi connectivity index (χ2n) is 5.26. The van der Waals surface area contributed by atoms with Crippen LogP contribution >= 0.6 is 0 Å². The maximum absolute atomic E-state index is 12.1. The van der Waals surface area contributed by atoms with Crippen molar-refractivity contribution in [2.24, 2.45) is 11.7 Å². The maximum atomic E-state index is 12.1. The van der Waals surface area contributed by atoms with E-state index in [1.54, 1.807) is 0 Å². The number of nitrogens with two attached hydrogens (primary N) is 1. The van der Waals surface area contributed by atoms with E-state index in [2.05, 4.69) is 19.2 Å². The number of nitrogens with one attached hydrogen (secondary N) is 1. The third kappa shape index (κ3) is 4.49. The highest BCUT2D eigenvalue weighted by atomic mass is 16.2. The topological polar surface area (TPSA) is 75.4 Å². The van der Waals surface area contributed by atoms with Gasteiger partial charge in [0, 0.05) is 32.1 Å². The van der Waals surface area contributed by atoms with Crippen molar-refractivity contribution in [3.63, 3.8) is 0 Å². The number of hydrogen-bond acceptors (Lipinski definition) is 3. The molecule has 2 amide bonds. The van der Waals surface area contributed by atoms with Gasteiger partial charge in [-0.05, 0) is 12.8 Å². The molecule has 1 atom stereocenters. The van der Waals surface area contributed by atoms with Gasteiger partial charge in [-0.25, -0.2) is 0 Å². The molecule has 1 heterocycles. The molecule has 110 valence electrons. The summed E-state index contributed by atoms with van der Waals surface area (Å²) >= 11 is 0. The van der Waals surface area contributed by atoms with Gasteiger partial charge in [0.25, 0.3) is 0 Å². The molecule has 1 aliphatic rings. The number of carbonyl (C=O) groups excluding carboxylic acids is 2. The van der Waals surface area contributed by atoms with E-state index in [0.717, 1.165) is 25.7 Å². The smallest absolute Gasteiger partial charge is 0.225 e. The van der Waals surface area contributed by atoms with Gasteiger partial charge < -0.3 is 16.0 Å². The molecule has 5 nitrogen and oxygen atoms in total. The van der Waals surface area contributed by atoms with Crippen LogP contribution in [0.25, 0.3) is 0 Å². The number of rotatable bonds is 8. The zero-order valence-corrected chi connectivity index (χ0v) is 12.2. The van der Waals surface area contributed by atoms with Gasteiger partial charge >= 0.3 is 0 Å². The Morgan fingerprint density at radius 2 is 2.05 bits per heavy atom. The van der Waals surface area contributed by atoms with Gasteiger partial charge in [-0.1, -0.05) is 26.7 Å². The first kappa shape index (κ1) is 16.0. The highest BCUT2D eigenvalue weighted by Crippen LogP contribution is 2.24. The van der Waals surface area contributed by atoms with Crippen LogP contribution in [0.3, 0.4) is 0 Å². The molecule has 1 aliphatic heterocycles. The minimum Gasteiger partial charge on any atom is -0.355 e. The average molecular weight is 269 g/mol. The Bertz CT molecular complexity index is 301. The van der Waals surface area contributed by atoms with Crippen molar-refractivity contribution in [1.29, 1.82) is 0 Å². The third-order valence-electron chi connectivity index (χ3n) is 3.66. The molecule has 0 saturated carbocycles. The molecule has 0 aliphatic carbocycles. The molecule has 0 aromatic heterocycles. The molecule has 1 fully saturated rings. The molecular weight excluding hydrogens is 242 g/mol. The average Bonchev–Trinajstić information content (AvgIpc) is 2.78. The molecule has 0 spiro atoms. The van der Waals surface area contributed by atoms with Crippen molar-refractivity contribution in [3.8, 4) is 0 Å². The lowest BCUT2D eigenvalue weighted by Gasteiger charge is -2.27.